The molecule has 86 valence electrons. The number of aldehydes is 1. The number of hydrogen-bond acceptors (Lipinski definition) is 3. The molecule has 1 heterocycles. The van der Waals surface area contributed by atoms with Crippen LogP contribution >= 0.6 is 0 Å². The van der Waals surface area contributed by atoms with Crippen molar-refractivity contribution >= 4 is 6.29 Å². The van der Waals surface area contributed by atoms with Crippen LogP contribution in [-0.4, -0.2) is 49.3 Å². The number of carbonyl (C=O) groups excluding carboxylic acids is 1. The van der Waals surface area contributed by atoms with E-state index >= 15 is 0 Å². The maximum Gasteiger partial charge on any atom is 0.141 e. The van der Waals surface area contributed by atoms with Gasteiger partial charge in [-0.05, 0) is 12.6 Å². The first kappa shape index (κ1) is 11.3. The standard InChI is InChI=1S/C13H18N2O/c1-14-7-9-15(10-8-14)13(11-16)12-5-3-2-4-6-12/h2-6,11,13H,7-10H2,1H3/t13-/m0/s1. The average molecular weight is 218 g/mol. The van der Waals surface area contributed by atoms with Crippen molar-refractivity contribution in [2.75, 3.05) is 33.2 Å². The quantitative estimate of drug-likeness (QED) is 0.712. The molecule has 3 heteroatoms. The molecule has 1 saturated heterocycles. The fourth-order valence-corrected chi connectivity index (χ4v) is 2.13. The first-order valence-electron chi connectivity index (χ1n) is 5.74. The van der Waals surface area contributed by atoms with Crippen molar-refractivity contribution < 1.29 is 4.79 Å². The van der Waals surface area contributed by atoms with Gasteiger partial charge in [0, 0.05) is 26.2 Å². The van der Waals surface area contributed by atoms with Gasteiger partial charge < -0.3 is 9.69 Å². The minimum atomic E-state index is -0.0742. The first-order chi connectivity index (χ1) is 7.81. The lowest BCUT2D eigenvalue weighted by molar-refractivity contribution is -0.113. The molecule has 0 N–H and O–H groups in total. The zero-order valence-corrected chi connectivity index (χ0v) is 9.67. The van der Waals surface area contributed by atoms with E-state index in [1.54, 1.807) is 0 Å². The molecule has 0 unspecified atom stereocenters. The van der Waals surface area contributed by atoms with Crippen LogP contribution in [0.25, 0.3) is 0 Å². The van der Waals surface area contributed by atoms with Crippen LogP contribution in [0.5, 0.6) is 0 Å². The predicted molar refractivity (Wildman–Crippen MR) is 64.3 cm³/mol. The van der Waals surface area contributed by atoms with Gasteiger partial charge >= 0.3 is 0 Å². The number of rotatable bonds is 3. The molecule has 1 aromatic rings. The van der Waals surface area contributed by atoms with Crippen molar-refractivity contribution in [1.82, 2.24) is 9.80 Å². The summed E-state index contributed by atoms with van der Waals surface area (Å²) in [5, 5.41) is 0. The van der Waals surface area contributed by atoms with E-state index in [1.807, 2.05) is 30.3 Å². The second-order valence-corrected chi connectivity index (χ2v) is 4.33. The number of carbonyl (C=O) groups is 1. The smallest absolute Gasteiger partial charge is 0.141 e. The Balaban J connectivity index is 2.08. The Morgan fingerprint density at radius 2 is 1.75 bits per heavy atom. The van der Waals surface area contributed by atoms with Gasteiger partial charge in [0.05, 0.1) is 6.04 Å². The van der Waals surface area contributed by atoms with Gasteiger partial charge in [-0.2, -0.15) is 0 Å². The maximum atomic E-state index is 11.2. The van der Waals surface area contributed by atoms with Crippen molar-refractivity contribution in [3.05, 3.63) is 35.9 Å². The monoisotopic (exact) mass is 218 g/mol. The van der Waals surface area contributed by atoms with E-state index in [4.69, 9.17) is 0 Å². The number of piperazine rings is 1. The lowest BCUT2D eigenvalue weighted by atomic mass is 10.1. The number of hydrogen-bond donors (Lipinski definition) is 0. The van der Waals surface area contributed by atoms with Crippen LogP contribution in [0.1, 0.15) is 11.6 Å². The van der Waals surface area contributed by atoms with Gasteiger partial charge in [0.25, 0.3) is 0 Å². The van der Waals surface area contributed by atoms with E-state index in [9.17, 15) is 4.79 Å². The summed E-state index contributed by atoms with van der Waals surface area (Å²) in [6.45, 7) is 4.01. The van der Waals surface area contributed by atoms with Crippen molar-refractivity contribution in [2.24, 2.45) is 0 Å². The highest BCUT2D eigenvalue weighted by Gasteiger charge is 2.22. The summed E-state index contributed by atoms with van der Waals surface area (Å²) in [4.78, 5) is 15.8. The summed E-state index contributed by atoms with van der Waals surface area (Å²) in [6.07, 6.45) is 1.06. The van der Waals surface area contributed by atoms with Gasteiger partial charge in [-0.1, -0.05) is 30.3 Å². The molecule has 3 nitrogen and oxygen atoms in total. The van der Waals surface area contributed by atoms with Crippen molar-refractivity contribution in [3.63, 3.8) is 0 Å². The average Bonchev–Trinajstić information content (AvgIpc) is 2.34. The van der Waals surface area contributed by atoms with Gasteiger partial charge in [-0.25, -0.2) is 0 Å². The molecule has 1 aromatic carbocycles. The Kier molecular flexibility index (Phi) is 3.70. The number of nitrogens with zero attached hydrogens (tertiary/aromatic N) is 2. The van der Waals surface area contributed by atoms with Gasteiger partial charge in [-0.3, -0.25) is 4.90 Å². The minimum Gasteiger partial charge on any atom is -0.304 e. The molecule has 1 aliphatic heterocycles. The number of likely N-dealkylation sites (N-methyl/N-ethyl adjacent to an activating group) is 1. The molecule has 0 radical (unpaired) electrons. The molecule has 0 aliphatic carbocycles. The summed E-state index contributed by atoms with van der Waals surface area (Å²) >= 11 is 0. The SMILES string of the molecule is CN1CCN([C@@H](C=O)c2ccccc2)CC1. The van der Waals surface area contributed by atoms with Crippen LogP contribution in [0.3, 0.4) is 0 Å². The molecule has 0 saturated carbocycles. The lowest BCUT2D eigenvalue weighted by Gasteiger charge is -2.35. The van der Waals surface area contributed by atoms with Crippen molar-refractivity contribution in [1.29, 1.82) is 0 Å². The van der Waals surface area contributed by atoms with Crippen molar-refractivity contribution in [3.8, 4) is 0 Å². The summed E-state index contributed by atoms with van der Waals surface area (Å²) in [6, 6.07) is 9.93. The second-order valence-electron chi connectivity index (χ2n) is 4.33. The summed E-state index contributed by atoms with van der Waals surface area (Å²) in [7, 11) is 2.12. The van der Waals surface area contributed by atoms with E-state index in [2.05, 4.69) is 16.8 Å². The summed E-state index contributed by atoms with van der Waals surface area (Å²) < 4.78 is 0. The highest BCUT2D eigenvalue weighted by atomic mass is 16.1. The third kappa shape index (κ3) is 2.49. The Morgan fingerprint density at radius 1 is 1.12 bits per heavy atom. The molecular weight excluding hydrogens is 200 g/mol. The van der Waals surface area contributed by atoms with Gasteiger partial charge in [0.1, 0.15) is 6.29 Å². The fourth-order valence-electron chi connectivity index (χ4n) is 2.13. The molecule has 0 amide bonds. The van der Waals surface area contributed by atoms with E-state index in [1.165, 1.54) is 0 Å². The van der Waals surface area contributed by atoms with Crippen LogP contribution in [0, 0.1) is 0 Å². The Morgan fingerprint density at radius 3 is 2.31 bits per heavy atom. The predicted octanol–water partition coefficient (Wildman–Crippen LogP) is 1.17. The molecule has 16 heavy (non-hydrogen) atoms. The Bertz CT molecular complexity index is 331. The topological polar surface area (TPSA) is 23.6 Å². The van der Waals surface area contributed by atoms with Crippen LogP contribution in [-0.2, 0) is 4.79 Å². The molecule has 0 aromatic heterocycles. The van der Waals surface area contributed by atoms with Gasteiger partial charge in [-0.15, -0.1) is 0 Å². The number of benzene rings is 1. The van der Waals surface area contributed by atoms with E-state index in [0.717, 1.165) is 38.0 Å². The molecule has 1 aliphatic rings. The molecule has 0 spiro atoms. The third-order valence-electron chi connectivity index (χ3n) is 3.20. The molecule has 0 bridgehead atoms. The maximum absolute atomic E-state index is 11.2. The first-order valence-corrected chi connectivity index (χ1v) is 5.74. The third-order valence-corrected chi connectivity index (χ3v) is 3.20. The molecular formula is C13H18N2O. The summed E-state index contributed by atoms with van der Waals surface area (Å²) in [5.74, 6) is 0. The highest BCUT2D eigenvalue weighted by molar-refractivity contribution is 5.61. The molecule has 1 fully saturated rings. The van der Waals surface area contributed by atoms with Crippen LogP contribution in [0.2, 0.25) is 0 Å². The zero-order valence-electron chi connectivity index (χ0n) is 9.67. The normalized spacial score (nSPS) is 20.6. The van der Waals surface area contributed by atoms with Gasteiger partial charge in [0.2, 0.25) is 0 Å². The lowest BCUT2D eigenvalue weighted by Crippen LogP contribution is -2.46. The Labute approximate surface area is 96.7 Å². The Hall–Kier alpha value is -1.19. The van der Waals surface area contributed by atoms with Gasteiger partial charge in [0.15, 0.2) is 0 Å². The molecule has 1 atom stereocenters. The second kappa shape index (κ2) is 5.23. The van der Waals surface area contributed by atoms with E-state index < -0.39 is 0 Å². The minimum absolute atomic E-state index is 0.0742. The van der Waals surface area contributed by atoms with Crippen molar-refractivity contribution in [2.45, 2.75) is 6.04 Å². The van der Waals surface area contributed by atoms with Crippen LogP contribution < -0.4 is 0 Å². The fraction of sp³-hybridized carbons (Fsp3) is 0.462. The van der Waals surface area contributed by atoms with E-state index in [-0.39, 0.29) is 6.04 Å². The zero-order chi connectivity index (χ0) is 11.4. The summed E-state index contributed by atoms with van der Waals surface area (Å²) in [5.41, 5.74) is 1.10. The molecule has 2 rings (SSSR count). The largest absolute Gasteiger partial charge is 0.304 e. The highest BCUT2D eigenvalue weighted by Crippen LogP contribution is 2.19. The van der Waals surface area contributed by atoms with Crippen LogP contribution in [0.4, 0.5) is 0 Å². The van der Waals surface area contributed by atoms with Crippen LogP contribution in [0.15, 0.2) is 30.3 Å². The van der Waals surface area contributed by atoms with E-state index in [0.29, 0.717) is 0 Å².